The molecule has 1 atom stereocenters. The Morgan fingerprint density at radius 2 is 1.84 bits per heavy atom. The fourth-order valence-corrected chi connectivity index (χ4v) is 2.15. The minimum atomic E-state index is 0.331. The Kier molecular flexibility index (Phi) is 5.63. The summed E-state index contributed by atoms with van der Waals surface area (Å²) in [7, 11) is 5.48. The standard InChI is InChI=1S/C15H26N2O2/c1-10(8-16)17(4)9-13-7-14(18-5)11(2)12(3)15(13)19-6/h7,10H,8-9,16H2,1-6H3. The van der Waals surface area contributed by atoms with Crippen molar-refractivity contribution in [2.45, 2.75) is 33.4 Å². The molecule has 0 heterocycles. The molecule has 0 spiro atoms. The Balaban J connectivity index is 3.15. The molecule has 0 amide bonds. The van der Waals surface area contributed by atoms with E-state index in [0.29, 0.717) is 12.6 Å². The maximum absolute atomic E-state index is 5.71. The number of nitrogens with two attached hydrogens (primary N) is 1. The zero-order valence-corrected chi connectivity index (χ0v) is 12.9. The van der Waals surface area contributed by atoms with E-state index in [-0.39, 0.29) is 0 Å². The van der Waals surface area contributed by atoms with Gasteiger partial charge >= 0.3 is 0 Å². The van der Waals surface area contributed by atoms with E-state index in [1.807, 2.05) is 6.92 Å². The molecular formula is C15H26N2O2. The minimum absolute atomic E-state index is 0.331. The highest BCUT2D eigenvalue weighted by atomic mass is 16.5. The van der Waals surface area contributed by atoms with Crippen molar-refractivity contribution in [3.8, 4) is 11.5 Å². The third-order valence-electron chi connectivity index (χ3n) is 3.81. The molecule has 0 aliphatic carbocycles. The van der Waals surface area contributed by atoms with Gasteiger partial charge < -0.3 is 15.2 Å². The van der Waals surface area contributed by atoms with Gasteiger partial charge in [-0.1, -0.05) is 0 Å². The lowest BCUT2D eigenvalue weighted by molar-refractivity contribution is 0.250. The molecule has 108 valence electrons. The van der Waals surface area contributed by atoms with Gasteiger partial charge in [0.25, 0.3) is 0 Å². The number of methoxy groups -OCH3 is 2. The molecule has 4 nitrogen and oxygen atoms in total. The molecule has 1 aromatic rings. The van der Waals surface area contributed by atoms with Crippen LogP contribution in [0.25, 0.3) is 0 Å². The van der Waals surface area contributed by atoms with Crippen LogP contribution in [0.2, 0.25) is 0 Å². The topological polar surface area (TPSA) is 47.7 Å². The first-order valence-corrected chi connectivity index (χ1v) is 6.57. The number of likely N-dealkylation sites (N-methyl/N-ethyl adjacent to an activating group) is 1. The molecule has 0 saturated heterocycles. The quantitative estimate of drug-likeness (QED) is 0.856. The van der Waals surface area contributed by atoms with Crippen LogP contribution in [0, 0.1) is 13.8 Å². The Morgan fingerprint density at radius 3 is 2.32 bits per heavy atom. The Bertz CT molecular complexity index is 433. The maximum Gasteiger partial charge on any atom is 0.126 e. The van der Waals surface area contributed by atoms with Gasteiger partial charge in [0.15, 0.2) is 0 Å². The fraction of sp³-hybridized carbons (Fsp3) is 0.600. The summed E-state index contributed by atoms with van der Waals surface area (Å²) < 4.78 is 11.0. The Hall–Kier alpha value is -1.26. The summed E-state index contributed by atoms with van der Waals surface area (Å²) in [6.45, 7) is 7.66. The van der Waals surface area contributed by atoms with Crippen molar-refractivity contribution in [2.75, 3.05) is 27.8 Å². The van der Waals surface area contributed by atoms with Gasteiger partial charge in [0, 0.05) is 24.7 Å². The second-order valence-corrected chi connectivity index (χ2v) is 5.02. The third-order valence-corrected chi connectivity index (χ3v) is 3.81. The fourth-order valence-electron chi connectivity index (χ4n) is 2.15. The number of benzene rings is 1. The lowest BCUT2D eigenvalue weighted by Gasteiger charge is -2.25. The smallest absolute Gasteiger partial charge is 0.126 e. The van der Waals surface area contributed by atoms with Crippen molar-refractivity contribution in [1.82, 2.24) is 4.90 Å². The summed E-state index contributed by atoms with van der Waals surface area (Å²) in [5.41, 5.74) is 9.09. The van der Waals surface area contributed by atoms with Crippen LogP contribution < -0.4 is 15.2 Å². The van der Waals surface area contributed by atoms with Gasteiger partial charge in [-0.3, -0.25) is 4.90 Å². The van der Waals surface area contributed by atoms with Crippen LogP contribution in [0.15, 0.2) is 6.07 Å². The summed E-state index contributed by atoms with van der Waals surface area (Å²) in [6, 6.07) is 2.39. The van der Waals surface area contributed by atoms with Gasteiger partial charge in [0.05, 0.1) is 14.2 Å². The summed E-state index contributed by atoms with van der Waals surface area (Å²) >= 11 is 0. The highest BCUT2D eigenvalue weighted by Crippen LogP contribution is 2.34. The molecule has 0 aliphatic rings. The number of nitrogens with zero attached hydrogens (tertiary/aromatic N) is 1. The largest absolute Gasteiger partial charge is 0.496 e. The van der Waals surface area contributed by atoms with Gasteiger partial charge in [-0.15, -0.1) is 0 Å². The minimum Gasteiger partial charge on any atom is -0.496 e. The van der Waals surface area contributed by atoms with Gasteiger partial charge in [-0.25, -0.2) is 0 Å². The summed E-state index contributed by atoms with van der Waals surface area (Å²) in [5, 5.41) is 0. The van der Waals surface area contributed by atoms with Crippen molar-refractivity contribution in [2.24, 2.45) is 5.73 Å². The molecule has 1 unspecified atom stereocenters. The summed E-state index contributed by atoms with van der Waals surface area (Å²) in [5.74, 6) is 1.84. The predicted molar refractivity (Wildman–Crippen MR) is 79.0 cm³/mol. The van der Waals surface area contributed by atoms with E-state index in [9.17, 15) is 0 Å². The van der Waals surface area contributed by atoms with Crippen LogP contribution in [-0.4, -0.2) is 38.8 Å². The zero-order valence-electron chi connectivity index (χ0n) is 12.9. The molecule has 2 N–H and O–H groups in total. The third kappa shape index (κ3) is 3.39. The van der Waals surface area contributed by atoms with Gasteiger partial charge in [0.2, 0.25) is 0 Å². The molecule has 1 aromatic carbocycles. The van der Waals surface area contributed by atoms with Gasteiger partial charge in [-0.05, 0) is 45.0 Å². The van der Waals surface area contributed by atoms with E-state index < -0.39 is 0 Å². The lowest BCUT2D eigenvalue weighted by Crippen LogP contribution is -2.34. The lowest BCUT2D eigenvalue weighted by atomic mass is 10.0. The van der Waals surface area contributed by atoms with E-state index >= 15 is 0 Å². The molecule has 0 radical (unpaired) electrons. The van der Waals surface area contributed by atoms with Crippen molar-refractivity contribution in [1.29, 1.82) is 0 Å². The van der Waals surface area contributed by atoms with E-state index in [0.717, 1.165) is 34.7 Å². The number of hydrogen-bond donors (Lipinski definition) is 1. The highest BCUT2D eigenvalue weighted by Gasteiger charge is 2.16. The molecule has 0 bridgehead atoms. The van der Waals surface area contributed by atoms with E-state index in [1.165, 1.54) is 0 Å². The molecular weight excluding hydrogens is 240 g/mol. The zero-order chi connectivity index (χ0) is 14.6. The second kappa shape index (κ2) is 6.78. The Morgan fingerprint density at radius 1 is 1.21 bits per heavy atom. The van der Waals surface area contributed by atoms with Crippen LogP contribution >= 0.6 is 0 Å². The Labute approximate surface area is 116 Å². The van der Waals surface area contributed by atoms with E-state index in [1.54, 1.807) is 14.2 Å². The average molecular weight is 266 g/mol. The van der Waals surface area contributed by atoms with Crippen LogP contribution in [0.3, 0.4) is 0 Å². The van der Waals surface area contributed by atoms with E-state index in [2.05, 4.69) is 31.9 Å². The van der Waals surface area contributed by atoms with Crippen LogP contribution in [0.4, 0.5) is 0 Å². The highest BCUT2D eigenvalue weighted by molar-refractivity contribution is 5.52. The molecule has 0 aliphatic heterocycles. The molecule has 4 heteroatoms. The van der Waals surface area contributed by atoms with Gasteiger partial charge in [-0.2, -0.15) is 0 Å². The predicted octanol–water partition coefficient (Wildman–Crippen LogP) is 2.10. The van der Waals surface area contributed by atoms with Crippen LogP contribution in [0.5, 0.6) is 11.5 Å². The summed E-state index contributed by atoms with van der Waals surface area (Å²) in [6.07, 6.45) is 0. The number of rotatable bonds is 6. The average Bonchev–Trinajstić information content (AvgIpc) is 2.41. The van der Waals surface area contributed by atoms with E-state index in [4.69, 9.17) is 15.2 Å². The number of hydrogen-bond acceptors (Lipinski definition) is 4. The van der Waals surface area contributed by atoms with Gasteiger partial charge in [0.1, 0.15) is 11.5 Å². The monoisotopic (exact) mass is 266 g/mol. The number of ether oxygens (including phenoxy) is 2. The maximum atomic E-state index is 5.71. The van der Waals surface area contributed by atoms with Crippen LogP contribution in [0.1, 0.15) is 23.6 Å². The molecule has 0 fully saturated rings. The van der Waals surface area contributed by atoms with Crippen molar-refractivity contribution in [3.63, 3.8) is 0 Å². The normalized spacial score (nSPS) is 12.6. The van der Waals surface area contributed by atoms with Crippen molar-refractivity contribution >= 4 is 0 Å². The molecule has 0 saturated carbocycles. The SMILES string of the molecule is COc1cc(CN(C)C(C)CN)c(OC)c(C)c1C. The van der Waals surface area contributed by atoms with Crippen molar-refractivity contribution in [3.05, 3.63) is 22.8 Å². The first kappa shape index (κ1) is 15.8. The first-order valence-electron chi connectivity index (χ1n) is 6.57. The van der Waals surface area contributed by atoms with Crippen LogP contribution in [-0.2, 0) is 6.54 Å². The molecule has 19 heavy (non-hydrogen) atoms. The molecule has 0 aromatic heterocycles. The summed E-state index contributed by atoms with van der Waals surface area (Å²) in [4.78, 5) is 2.21. The van der Waals surface area contributed by atoms with Crippen molar-refractivity contribution < 1.29 is 9.47 Å². The molecule has 1 rings (SSSR count). The second-order valence-electron chi connectivity index (χ2n) is 5.02. The first-order chi connectivity index (χ1) is 8.96.